The van der Waals surface area contributed by atoms with Crippen molar-refractivity contribution in [1.29, 1.82) is 0 Å². The van der Waals surface area contributed by atoms with E-state index in [-0.39, 0.29) is 0 Å². The first-order valence-electron chi connectivity index (χ1n) is 6.91. The van der Waals surface area contributed by atoms with Crippen LogP contribution in [-0.2, 0) is 6.54 Å². The van der Waals surface area contributed by atoms with Gasteiger partial charge in [0.25, 0.3) is 0 Å². The summed E-state index contributed by atoms with van der Waals surface area (Å²) in [6.45, 7) is 6.57. The monoisotopic (exact) mass is 291 g/mol. The van der Waals surface area contributed by atoms with Gasteiger partial charge in [-0.05, 0) is 36.9 Å². The quantitative estimate of drug-likeness (QED) is 0.847. The van der Waals surface area contributed by atoms with E-state index in [9.17, 15) is 0 Å². The van der Waals surface area contributed by atoms with Crippen molar-refractivity contribution in [3.63, 3.8) is 0 Å². The predicted molar refractivity (Wildman–Crippen MR) is 85.5 cm³/mol. The van der Waals surface area contributed by atoms with Crippen molar-refractivity contribution in [3.05, 3.63) is 34.5 Å². The summed E-state index contributed by atoms with van der Waals surface area (Å²) in [4.78, 5) is 8.08. The maximum Gasteiger partial charge on any atom is 0.239 e. The summed E-state index contributed by atoms with van der Waals surface area (Å²) in [5, 5.41) is 2.09. The predicted octanol–water partition coefficient (Wildman–Crippen LogP) is 3.54. The van der Waals surface area contributed by atoms with E-state index in [2.05, 4.69) is 41.2 Å². The zero-order valence-electron chi connectivity index (χ0n) is 12.0. The van der Waals surface area contributed by atoms with Gasteiger partial charge in [0.15, 0.2) is 0 Å². The molecule has 0 unspecified atom stereocenters. The second kappa shape index (κ2) is 7.14. The molecule has 0 spiro atoms. The normalized spacial score (nSPS) is 10.5. The van der Waals surface area contributed by atoms with Crippen molar-refractivity contribution in [1.82, 2.24) is 4.98 Å². The molecule has 0 amide bonds. The Bertz CT molecular complexity index is 528. The minimum Gasteiger partial charge on any atom is -0.476 e. The summed E-state index contributed by atoms with van der Waals surface area (Å²) in [6.07, 6.45) is 0.942. The molecule has 2 rings (SSSR count). The highest BCUT2D eigenvalue weighted by Crippen LogP contribution is 2.25. The molecular formula is C15H21N3OS. The van der Waals surface area contributed by atoms with Crippen LogP contribution >= 0.6 is 11.3 Å². The van der Waals surface area contributed by atoms with E-state index >= 15 is 0 Å². The fourth-order valence-corrected chi connectivity index (χ4v) is 2.60. The Morgan fingerprint density at radius 3 is 2.80 bits per heavy atom. The first-order valence-corrected chi connectivity index (χ1v) is 7.79. The van der Waals surface area contributed by atoms with Crippen LogP contribution in [-0.4, -0.2) is 18.1 Å². The van der Waals surface area contributed by atoms with Gasteiger partial charge < -0.3 is 15.4 Å². The Labute approximate surface area is 124 Å². The maximum absolute atomic E-state index is 5.90. The number of thiophene rings is 1. The molecule has 0 saturated heterocycles. The second-order valence-electron chi connectivity index (χ2n) is 4.51. The van der Waals surface area contributed by atoms with Gasteiger partial charge in [-0.1, -0.05) is 13.0 Å². The number of nitrogens with two attached hydrogens (primary N) is 1. The van der Waals surface area contributed by atoms with Gasteiger partial charge in [0.1, 0.15) is 5.82 Å². The van der Waals surface area contributed by atoms with Crippen molar-refractivity contribution in [3.8, 4) is 5.88 Å². The fraction of sp³-hybridized carbons (Fsp3) is 0.400. The van der Waals surface area contributed by atoms with Crippen LogP contribution in [0.5, 0.6) is 5.88 Å². The minimum absolute atomic E-state index is 0.536. The van der Waals surface area contributed by atoms with Gasteiger partial charge >= 0.3 is 0 Å². The number of nitrogens with zero attached hydrogens (tertiary/aromatic N) is 2. The summed E-state index contributed by atoms with van der Waals surface area (Å²) in [5.41, 5.74) is 6.50. The fourth-order valence-electron chi connectivity index (χ4n) is 1.88. The van der Waals surface area contributed by atoms with Crippen LogP contribution < -0.4 is 15.4 Å². The highest BCUT2D eigenvalue weighted by atomic mass is 32.1. The van der Waals surface area contributed by atoms with Crippen molar-refractivity contribution >= 4 is 22.8 Å². The lowest BCUT2D eigenvalue weighted by Crippen LogP contribution is -2.22. The minimum atomic E-state index is 0.536. The van der Waals surface area contributed by atoms with Gasteiger partial charge in [0.2, 0.25) is 5.88 Å². The van der Waals surface area contributed by atoms with Crippen molar-refractivity contribution in [2.24, 2.45) is 0 Å². The molecule has 0 atom stereocenters. The van der Waals surface area contributed by atoms with Gasteiger partial charge in [-0.15, -0.1) is 11.3 Å². The molecule has 0 aliphatic rings. The van der Waals surface area contributed by atoms with Gasteiger partial charge in [0, 0.05) is 11.4 Å². The van der Waals surface area contributed by atoms with Gasteiger partial charge in [0.05, 0.1) is 18.8 Å². The molecule has 0 bridgehead atoms. The molecule has 0 saturated carbocycles. The molecule has 2 aromatic rings. The lowest BCUT2D eigenvalue weighted by molar-refractivity contribution is 0.307. The maximum atomic E-state index is 5.90. The van der Waals surface area contributed by atoms with Crippen molar-refractivity contribution < 1.29 is 4.74 Å². The lowest BCUT2D eigenvalue weighted by atomic mass is 10.3. The van der Waals surface area contributed by atoms with Crippen LogP contribution in [0.3, 0.4) is 0 Å². The molecule has 0 aliphatic carbocycles. The molecule has 2 N–H and O–H groups in total. The van der Waals surface area contributed by atoms with Gasteiger partial charge in [-0.3, -0.25) is 0 Å². The van der Waals surface area contributed by atoms with E-state index in [1.807, 2.05) is 12.1 Å². The van der Waals surface area contributed by atoms with Crippen molar-refractivity contribution in [2.75, 3.05) is 23.8 Å². The van der Waals surface area contributed by atoms with Crippen LogP contribution in [0.2, 0.25) is 0 Å². The topological polar surface area (TPSA) is 51.4 Å². The smallest absolute Gasteiger partial charge is 0.239 e. The van der Waals surface area contributed by atoms with Crippen LogP contribution in [0.15, 0.2) is 29.6 Å². The SMILES string of the molecule is CCCOc1nc(N(CC)Cc2cccs2)ccc1N. The Morgan fingerprint density at radius 2 is 2.15 bits per heavy atom. The highest BCUT2D eigenvalue weighted by molar-refractivity contribution is 7.09. The third-order valence-electron chi connectivity index (χ3n) is 2.95. The van der Waals surface area contributed by atoms with E-state index in [1.54, 1.807) is 11.3 Å². The molecule has 0 fully saturated rings. The van der Waals surface area contributed by atoms with Crippen LogP contribution in [0, 0.1) is 0 Å². The first kappa shape index (κ1) is 14.7. The van der Waals surface area contributed by atoms with Crippen LogP contribution in [0.25, 0.3) is 0 Å². The Morgan fingerprint density at radius 1 is 1.30 bits per heavy atom. The number of anilines is 2. The zero-order valence-corrected chi connectivity index (χ0v) is 12.8. The molecule has 108 valence electrons. The Kier molecular flexibility index (Phi) is 5.24. The Hall–Kier alpha value is -1.75. The second-order valence-corrected chi connectivity index (χ2v) is 5.54. The lowest BCUT2D eigenvalue weighted by Gasteiger charge is -2.22. The third kappa shape index (κ3) is 3.63. The number of pyridine rings is 1. The summed E-state index contributed by atoms with van der Waals surface area (Å²) in [5.74, 6) is 1.44. The summed E-state index contributed by atoms with van der Waals surface area (Å²) in [7, 11) is 0. The average Bonchev–Trinajstić information content (AvgIpc) is 2.97. The molecule has 5 heteroatoms. The zero-order chi connectivity index (χ0) is 14.4. The molecule has 20 heavy (non-hydrogen) atoms. The largest absolute Gasteiger partial charge is 0.476 e. The number of hydrogen-bond acceptors (Lipinski definition) is 5. The molecule has 0 radical (unpaired) electrons. The van der Waals surface area contributed by atoms with Crippen LogP contribution in [0.1, 0.15) is 25.1 Å². The number of rotatable bonds is 7. The molecule has 0 aliphatic heterocycles. The standard InChI is InChI=1S/C15H21N3OS/c1-3-9-19-15-13(16)7-8-14(17-15)18(4-2)11-12-6-5-10-20-12/h5-8,10H,3-4,9,11,16H2,1-2H3. The number of hydrogen-bond donors (Lipinski definition) is 1. The van der Waals surface area contributed by atoms with E-state index in [1.165, 1.54) is 4.88 Å². The number of aromatic nitrogens is 1. The molecule has 2 aromatic heterocycles. The number of nitrogen functional groups attached to an aromatic ring is 1. The van der Waals surface area contributed by atoms with E-state index in [0.717, 1.165) is 25.3 Å². The molecule has 2 heterocycles. The van der Waals surface area contributed by atoms with E-state index in [0.29, 0.717) is 18.2 Å². The number of ether oxygens (including phenoxy) is 1. The van der Waals surface area contributed by atoms with Crippen LogP contribution in [0.4, 0.5) is 11.5 Å². The van der Waals surface area contributed by atoms with Gasteiger partial charge in [-0.2, -0.15) is 4.98 Å². The van der Waals surface area contributed by atoms with E-state index < -0.39 is 0 Å². The molecular weight excluding hydrogens is 270 g/mol. The third-order valence-corrected chi connectivity index (χ3v) is 3.81. The Balaban J connectivity index is 2.16. The summed E-state index contributed by atoms with van der Waals surface area (Å²) in [6, 6.07) is 8.02. The molecule has 0 aromatic carbocycles. The molecule has 4 nitrogen and oxygen atoms in total. The van der Waals surface area contributed by atoms with E-state index in [4.69, 9.17) is 10.5 Å². The highest BCUT2D eigenvalue weighted by Gasteiger charge is 2.11. The van der Waals surface area contributed by atoms with Crippen molar-refractivity contribution in [2.45, 2.75) is 26.8 Å². The first-order chi connectivity index (χ1) is 9.74. The summed E-state index contributed by atoms with van der Waals surface area (Å²) >= 11 is 1.76. The summed E-state index contributed by atoms with van der Waals surface area (Å²) < 4.78 is 5.60. The average molecular weight is 291 g/mol. The van der Waals surface area contributed by atoms with Gasteiger partial charge in [-0.25, -0.2) is 0 Å².